The third-order valence-electron chi connectivity index (χ3n) is 3.12. The molecule has 2 rings (SSSR count). The van der Waals surface area contributed by atoms with Crippen LogP contribution in [0.15, 0.2) is 24.3 Å². The van der Waals surface area contributed by atoms with Gasteiger partial charge in [0.2, 0.25) is 10.0 Å². The Morgan fingerprint density at radius 2 is 2.00 bits per heavy atom. The molecule has 0 radical (unpaired) electrons. The minimum atomic E-state index is -3.30. The summed E-state index contributed by atoms with van der Waals surface area (Å²) in [7, 11) is -3.30. The summed E-state index contributed by atoms with van der Waals surface area (Å²) in [6, 6.07) is 7.32. The molecule has 22 heavy (non-hydrogen) atoms. The van der Waals surface area contributed by atoms with Gasteiger partial charge in [-0.15, -0.1) is 11.3 Å². The number of carbonyl (C=O) groups excluding carboxylic acids is 1. The third-order valence-corrected chi connectivity index (χ3v) is 5.50. The molecule has 5 nitrogen and oxygen atoms in total. The van der Waals surface area contributed by atoms with Crippen molar-refractivity contribution in [1.29, 1.82) is 0 Å². The molecular weight excluding hydrogens is 320 g/mol. The second kappa shape index (κ2) is 6.26. The molecule has 0 saturated carbocycles. The monoisotopic (exact) mass is 340 g/mol. The van der Waals surface area contributed by atoms with Crippen LogP contribution in [0.1, 0.15) is 30.4 Å². The number of thiophene rings is 1. The maximum absolute atomic E-state index is 12.1. The zero-order chi connectivity index (χ0) is 16.5. The lowest BCUT2D eigenvalue weighted by Gasteiger charge is -2.20. The molecule has 0 fully saturated rings. The van der Waals surface area contributed by atoms with Gasteiger partial charge < -0.3 is 5.32 Å². The summed E-state index contributed by atoms with van der Waals surface area (Å²) < 4.78 is 25.9. The Kier molecular flexibility index (Phi) is 4.77. The van der Waals surface area contributed by atoms with Crippen molar-refractivity contribution in [3.05, 3.63) is 29.1 Å². The predicted octanol–water partition coefficient (Wildman–Crippen LogP) is 2.83. The van der Waals surface area contributed by atoms with Crippen LogP contribution >= 0.6 is 11.3 Å². The van der Waals surface area contributed by atoms with Gasteiger partial charge in [-0.2, -0.15) is 0 Å². The Hall–Kier alpha value is -1.60. The van der Waals surface area contributed by atoms with Crippen LogP contribution in [0.4, 0.5) is 5.69 Å². The summed E-state index contributed by atoms with van der Waals surface area (Å²) in [5.41, 5.74) is 0.617. The first-order valence-electron chi connectivity index (χ1n) is 7.04. The van der Waals surface area contributed by atoms with Crippen molar-refractivity contribution in [1.82, 2.24) is 5.32 Å². The minimum absolute atomic E-state index is 0.0779. The first-order chi connectivity index (χ1) is 10.2. The average Bonchev–Trinajstić information content (AvgIpc) is 2.80. The van der Waals surface area contributed by atoms with Gasteiger partial charge >= 0.3 is 0 Å². The minimum Gasteiger partial charge on any atom is -0.349 e. The van der Waals surface area contributed by atoms with Crippen molar-refractivity contribution in [2.45, 2.75) is 26.8 Å². The van der Waals surface area contributed by atoms with Crippen LogP contribution < -0.4 is 9.62 Å². The molecular formula is C15H20N2O3S2. The number of fused-ring (bicyclic) bond motifs is 1. The number of nitrogens with one attached hydrogen (secondary N) is 1. The first-order valence-corrected chi connectivity index (χ1v) is 9.71. The number of rotatable bonds is 5. The molecule has 0 bridgehead atoms. The van der Waals surface area contributed by atoms with Gasteiger partial charge in [0.1, 0.15) is 0 Å². The fourth-order valence-corrected chi connectivity index (χ4v) is 4.15. The maximum atomic E-state index is 12.1. The number of hydrogen-bond acceptors (Lipinski definition) is 4. The molecule has 0 saturated heterocycles. The lowest BCUT2D eigenvalue weighted by atomic mass is 10.2. The summed E-state index contributed by atoms with van der Waals surface area (Å²) in [6.45, 7) is 5.98. The predicted molar refractivity (Wildman–Crippen MR) is 92.3 cm³/mol. The van der Waals surface area contributed by atoms with E-state index in [9.17, 15) is 13.2 Å². The van der Waals surface area contributed by atoms with Crippen molar-refractivity contribution in [3.63, 3.8) is 0 Å². The largest absolute Gasteiger partial charge is 0.349 e. The van der Waals surface area contributed by atoms with Crippen molar-refractivity contribution in [2.75, 3.05) is 17.1 Å². The smallest absolute Gasteiger partial charge is 0.261 e. The number of carbonyl (C=O) groups is 1. The van der Waals surface area contributed by atoms with Gasteiger partial charge in [-0.25, -0.2) is 8.42 Å². The zero-order valence-electron chi connectivity index (χ0n) is 13.1. The second-order valence-corrected chi connectivity index (χ2v) is 8.38. The molecule has 120 valence electrons. The average molecular weight is 340 g/mol. The summed E-state index contributed by atoms with van der Waals surface area (Å²) >= 11 is 1.40. The van der Waals surface area contributed by atoms with Crippen LogP contribution in [-0.2, 0) is 10.0 Å². The Balaban J connectivity index is 2.41. The van der Waals surface area contributed by atoms with Crippen molar-refractivity contribution in [3.8, 4) is 0 Å². The van der Waals surface area contributed by atoms with Crippen LogP contribution in [0.3, 0.4) is 0 Å². The summed E-state index contributed by atoms with van der Waals surface area (Å²) in [6.07, 6.45) is 1.19. The topological polar surface area (TPSA) is 66.5 Å². The van der Waals surface area contributed by atoms with E-state index in [0.29, 0.717) is 17.1 Å². The van der Waals surface area contributed by atoms with E-state index in [2.05, 4.69) is 5.32 Å². The fraction of sp³-hybridized carbons (Fsp3) is 0.400. The van der Waals surface area contributed by atoms with E-state index >= 15 is 0 Å². The summed E-state index contributed by atoms with van der Waals surface area (Å²) in [5, 5.41) is 3.73. The number of anilines is 1. The molecule has 0 spiro atoms. The molecule has 2 aromatic rings. The highest BCUT2D eigenvalue weighted by Crippen LogP contribution is 2.30. The highest BCUT2D eigenvalue weighted by Gasteiger charge is 2.17. The molecule has 0 aliphatic rings. The number of sulfonamides is 1. The van der Waals surface area contributed by atoms with Gasteiger partial charge in [-0.1, -0.05) is 0 Å². The highest BCUT2D eigenvalue weighted by molar-refractivity contribution is 7.92. The molecule has 7 heteroatoms. The van der Waals surface area contributed by atoms with Gasteiger partial charge in [0, 0.05) is 17.3 Å². The van der Waals surface area contributed by atoms with Crippen LogP contribution in [0.5, 0.6) is 0 Å². The fourth-order valence-electron chi connectivity index (χ4n) is 2.24. The Bertz CT molecular complexity index is 794. The summed E-state index contributed by atoms with van der Waals surface area (Å²) in [5.74, 6) is -0.104. The van der Waals surface area contributed by atoms with E-state index in [1.807, 2.05) is 26.0 Å². The molecule has 0 aliphatic heterocycles. The van der Waals surface area contributed by atoms with Crippen LogP contribution in [0.25, 0.3) is 10.1 Å². The number of benzene rings is 1. The summed E-state index contributed by atoms with van der Waals surface area (Å²) in [4.78, 5) is 12.7. The molecule has 1 heterocycles. The first kappa shape index (κ1) is 16.8. The number of amides is 1. The van der Waals surface area contributed by atoms with Crippen LogP contribution in [0.2, 0.25) is 0 Å². The molecule has 1 N–H and O–H groups in total. The van der Waals surface area contributed by atoms with Crippen molar-refractivity contribution < 1.29 is 13.2 Å². The standard InChI is InChI=1S/C15H20N2O3S2/c1-5-17(22(4,19)20)12-6-7-13-11(8-12)9-14(21-13)15(18)16-10(2)3/h6-10H,5H2,1-4H3,(H,16,18). The van der Waals surface area contributed by atoms with Gasteiger partial charge in [0.25, 0.3) is 5.91 Å². The van der Waals surface area contributed by atoms with E-state index in [0.717, 1.165) is 10.1 Å². The molecule has 0 atom stereocenters. The Morgan fingerprint density at radius 1 is 1.32 bits per heavy atom. The lowest BCUT2D eigenvalue weighted by molar-refractivity contribution is 0.0947. The number of nitrogens with zero attached hydrogens (tertiary/aromatic N) is 1. The number of hydrogen-bond donors (Lipinski definition) is 1. The quantitative estimate of drug-likeness (QED) is 0.910. The van der Waals surface area contributed by atoms with Gasteiger partial charge in [-0.3, -0.25) is 9.10 Å². The molecule has 0 aliphatic carbocycles. The van der Waals surface area contributed by atoms with E-state index < -0.39 is 10.0 Å². The van der Waals surface area contributed by atoms with Gasteiger partial charge in [0.05, 0.1) is 16.8 Å². The molecule has 0 unspecified atom stereocenters. The van der Waals surface area contributed by atoms with Crippen molar-refractivity contribution >= 4 is 43.0 Å². The SMILES string of the molecule is CCN(c1ccc2sc(C(=O)NC(C)C)cc2c1)S(C)(=O)=O. The molecule has 1 aromatic carbocycles. The van der Waals surface area contributed by atoms with Crippen LogP contribution in [-0.4, -0.2) is 33.2 Å². The third kappa shape index (κ3) is 3.59. The van der Waals surface area contributed by atoms with E-state index in [4.69, 9.17) is 0 Å². The highest BCUT2D eigenvalue weighted by atomic mass is 32.2. The Labute approximate surface area is 135 Å². The second-order valence-electron chi connectivity index (χ2n) is 5.39. The van der Waals surface area contributed by atoms with Gasteiger partial charge in [0.15, 0.2) is 0 Å². The molecule has 1 aromatic heterocycles. The van der Waals surface area contributed by atoms with Crippen molar-refractivity contribution in [2.24, 2.45) is 0 Å². The van der Waals surface area contributed by atoms with Crippen LogP contribution in [0, 0.1) is 0 Å². The van der Waals surface area contributed by atoms with E-state index in [1.165, 1.54) is 21.9 Å². The Morgan fingerprint density at radius 3 is 2.55 bits per heavy atom. The maximum Gasteiger partial charge on any atom is 0.261 e. The van der Waals surface area contributed by atoms with E-state index in [1.54, 1.807) is 19.1 Å². The lowest BCUT2D eigenvalue weighted by Crippen LogP contribution is -2.29. The normalized spacial score (nSPS) is 11.9. The zero-order valence-corrected chi connectivity index (χ0v) is 14.7. The van der Waals surface area contributed by atoms with E-state index in [-0.39, 0.29) is 11.9 Å². The molecule has 1 amide bonds. The van der Waals surface area contributed by atoms with Gasteiger partial charge in [-0.05, 0) is 50.4 Å².